The number of halogens is 1. The van der Waals surface area contributed by atoms with E-state index < -0.39 is 5.97 Å². The highest BCUT2D eigenvalue weighted by molar-refractivity contribution is 6.30. The summed E-state index contributed by atoms with van der Waals surface area (Å²) >= 11 is 5.72. The lowest BCUT2D eigenvalue weighted by Crippen LogP contribution is -1.95. The normalized spacial score (nSPS) is 10.2. The number of aromatic nitrogens is 1. The lowest BCUT2D eigenvalue weighted by atomic mass is 10.2. The maximum absolute atomic E-state index is 10.5. The van der Waals surface area contributed by atoms with Gasteiger partial charge in [0.05, 0.1) is 0 Å². The van der Waals surface area contributed by atoms with Crippen molar-refractivity contribution in [3.8, 4) is 11.3 Å². The molecule has 0 aliphatic heterocycles. The van der Waals surface area contributed by atoms with Gasteiger partial charge in [-0.15, -0.1) is 0 Å². The maximum atomic E-state index is 10.5. The Morgan fingerprint density at radius 3 is 2.53 bits per heavy atom. The summed E-state index contributed by atoms with van der Waals surface area (Å²) in [5, 5.41) is 9.22. The van der Waals surface area contributed by atoms with Gasteiger partial charge in [0.2, 0.25) is 0 Å². The second-order valence-electron chi connectivity index (χ2n) is 2.85. The lowest BCUT2D eigenvalue weighted by molar-refractivity contribution is 0.0653. The molecule has 0 saturated heterocycles. The van der Waals surface area contributed by atoms with Crippen molar-refractivity contribution in [1.29, 1.82) is 0 Å². The fraction of sp³-hybridized carbons (Fsp3) is 0. The number of aromatic carboxylic acids is 1. The van der Waals surface area contributed by atoms with Crippen molar-refractivity contribution in [1.82, 2.24) is 4.98 Å². The molecule has 4 nitrogen and oxygen atoms in total. The molecule has 15 heavy (non-hydrogen) atoms. The lowest BCUT2D eigenvalue weighted by Gasteiger charge is -1.94. The summed E-state index contributed by atoms with van der Waals surface area (Å²) in [6.07, 6.45) is 1.30. The van der Waals surface area contributed by atoms with Crippen LogP contribution in [0.2, 0.25) is 5.02 Å². The average molecular weight is 224 g/mol. The van der Waals surface area contributed by atoms with E-state index in [1.54, 1.807) is 24.3 Å². The minimum absolute atomic E-state index is 0.319. The number of rotatable bonds is 2. The fourth-order valence-corrected chi connectivity index (χ4v) is 1.25. The van der Waals surface area contributed by atoms with E-state index in [0.29, 0.717) is 10.7 Å². The quantitative estimate of drug-likeness (QED) is 0.850. The van der Waals surface area contributed by atoms with Crippen LogP contribution in [0.4, 0.5) is 0 Å². The van der Waals surface area contributed by atoms with E-state index in [0.717, 1.165) is 5.56 Å². The summed E-state index contributed by atoms with van der Waals surface area (Å²) in [7, 11) is 0. The molecular formula is C10H6ClNO3. The Hall–Kier alpha value is -1.81. The number of carboxylic acid groups (broad SMARTS) is 1. The number of oxazole rings is 1. The third-order valence-electron chi connectivity index (χ3n) is 1.83. The van der Waals surface area contributed by atoms with E-state index in [4.69, 9.17) is 21.1 Å². The fourth-order valence-electron chi connectivity index (χ4n) is 1.13. The minimum Gasteiger partial charge on any atom is -0.474 e. The number of carboxylic acids is 1. The monoisotopic (exact) mass is 223 g/mol. The summed E-state index contributed by atoms with van der Waals surface area (Å²) in [6, 6.07) is 6.88. The molecule has 0 unspecified atom stereocenters. The number of carbonyl (C=O) groups is 1. The van der Waals surface area contributed by atoms with Gasteiger partial charge in [0.1, 0.15) is 12.0 Å². The van der Waals surface area contributed by atoms with Crippen LogP contribution < -0.4 is 0 Å². The Morgan fingerprint density at radius 1 is 1.33 bits per heavy atom. The SMILES string of the molecule is O=C(O)c1nc(-c2ccc(Cl)cc2)co1. The van der Waals surface area contributed by atoms with Crippen LogP contribution in [0.25, 0.3) is 11.3 Å². The van der Waals surface area contributed by atoms with Crippen LogP contribution in [0.15, 0.2) is 34.9 Å². The van der Waals surface area contributed by atoms with Gasteiger partial charge in [-0.25, -0.2) is 9.78 Å². The van der Waals surface area contributed by atoms with Crippen LogP contribution in [0.5, 0.6) is 0 Å². The first-order valence-electron chi connectivity index (χ1n) is 4.11. The molecule has 1 aromatic heterocycles. The second kappa shape index (κ2) is 3.74. The van der Waals surface area contributed by atoms with Gasteiger partial charge in [-0.1, -0.05) is 23.7 Å². The molecule has 5 heteroatoms. The van der Waals surface area contributed by atoms with Crippen LogP contribution in [0.3, 0.4) is 0 Å². The topological polar surface area (TPSA) is 63.3 Å². The third kappa shape index (κ3) is 1.99. The predicted molar refractivity (Wildman–Crippen MR) is 53.9 cm³/mol. The van der Waals surface area contributed by atoms with Crippen molar-refractivity contribution in [2.75, 3.05) is 0 Å². The summed E-state index contributed by atoms with van der Waals surface area (Å²) in [5.41, 5.74) is 1.24. The highest BCUT2D eigenvalue weighted by Gasteiger charge is 2.11. The number of nitrogens with zero attached hydrogens (tertiary/aromatic N) is 1. The van der Waals surface area contributed by atoms with Crippen molar-refractivity contribution in [2.45, 2.75) is 0 Å². The molecule has 2 aromatic rings. The molecule has 0 amide bonds. The zero-order chi connectivity index (χ0) is 10.8. The second-order valence-corrected chi connectivity index (χ2v) is 3.29. The van der Waals surface area contributed by atoms with Gasteiger partial charge in [0.15, 0.2) is 0 Å². The first-order valence-corrected chi connectivity index (χ1v) is 4.49. The first-order chi connectivity index (χ1) is 7.16. The molecule has 1 aromatic carbocycles. The van der Waals surface area contributed by atoms with Crippen LogP contribution in [0.1, 0.15) is 10.7 Å². The zero-order valence-corrected chi connectivity index (χ0v) is 8.23. The molecule has 2 rings (SSSR count). The standard InChI is InChI=1S/C10H6ClNO3/c11-7-3-1-6(2-4-7)8-5-15-9(12-8)10(13)14/h1-5H,(H,13,14). The van der Waals surface area contributed by atoms with Gasteiger partial charge in [-0.3, -0.25) is 0 Å². The number of benzene rings is 1. The minimum atomic E-state index is -1.18. The van der Waals surface area contributed by atoms with Crippen LogP contribution in [-0.2, 0) is 0 Å². The highest BCUT2D eigenvalue weighted by atomic mass is 35.5. The molecule has 1 N–H and O–H groups in total. The van der Waals surface area contributed by atoms with Crippen molar-refractivity contribution < 1.29 is 14.3 Å². The predicted octanol–water partition coefficient (Wildman–Crippen LogP) is 2.69. The average Bonchev–Trinajstić information content (AvgIpc) is 2.68. The van der Waals surface area contributed by atoms with Crippen molar-refractivity contribution in [3.05, 3.63) is 41.4 Å². The highest BCUT2D eigenvalue weighted by Crippen LogP contribution is 2.20. The molecule has 0 spiro atoms. The van der Waals surface area contributed by atoms with Gasteiger partial charge in [-0.05, 0) is 12.1 Å². The zero-order valence-electron chi connectivity index (χ0n) is 7.48. The van der Waals surface area contributed by atoms with E-state index in [2.05, 4.69) is 4.98 Å². The summed E-state index contributed by atoms with van der Waals surface area (Å²) in [6.45, 7) is 0. The van der Waals surface area contributed by atoms with Gasteiger partial charge >= 0.3 is 11.9 Å². The number of hydrogen-bond acceptors (Lipinski definition) is 3. The van der Waals surface area contributed by atoms with Crippen molar-refractivity contribution in [3.63, 3.8) is 0 Å². The molecular weight excluding hydrogens is 218 g/mol. The van der Waals surface area contributed by atoms with Gasteiger partial charge in [0.25, 0.3) is 0 Å². The van der Waals surface area contributed by atoms with Gasteiger partial charge in [0, 0.05) is 10.6 Å². The molecule has 0 aliphatic rings. The Morgan fingerprint density at radius 2 is 2.00 bits per heavy atom. The molecule has 0 bridgehead atoms. The van der Waals surface area contributed by atoms with Crippen molar-refractivity contribution >= 4 is 17.6 Å². The molecule has 76 valence electrons. The smallest absolute Gasteiger partial charge is 0.392 e. The summed E-state index contributed by atoms with van der Waals surface area (Å²) in [4.78, 5) is 14.3. The molecule has 0 radical (unpaired) electrons. The van der Waals surface area contributed by atoms with Crippen LogP contribution >= 0.6 is 11.6 Å². The van der Waals surface area contributed by atoms with E-state index >= 15 is 0 Å². The van der Waals surface area contributed by atoms with Gasteiger partial charge < -0.3 is 9.52 Å². The van der Waals surface area contributed by atoms with Crippen LogP contribution in [0, 0.1) is 0 Å². The van der Waals surface area contributed by atoms with Crippen LogP contribution in [-0.4, -0.2) is 16.1 Å². The molecule has 0 saturated carbocycles. The largest absolute Gasteiger partial charge is 0.474 e. The summed E-state index contributed by atoms with van der Waals surface area (Å²) in [5.74, 6) is -1.50. The summed E-state index contributed by atoms with van der Waals surface area (Å²) < 4.78 is 4.77. The molecule has 0 fully saturated rings. The van der Waals surface area contributed by atoms with E-state index in [1.165, 1.54) is 6.26 Å². The Bertz CT molecular complexity index is 490. The van der Waals surface area contributed by atoms with E-state index in [9.17, 15) is 4.79 Å². The van der Waals surface area contributed by atoms with Gasteiger partial charge in [-0.2, -0.15) is 0 Å². The Labute approximate surface area is 90.1 Å². The molecule has 0 atom stereocenters. The maximum Gasteiger partial charge on any atom is 0.392 e. The Kier molecular flexibility index (Phi) is 2.43. The number of hydrogen-bond donors (Lipinski definition) is 1. The third-order valence-corrected chi connectivity index (χ3v) is 2.08. The first kappa shape index (κ1) is 9.73. The van der Waals surface area contributed by atoms with Crippen molar-refractivity contribution in [2.24, 2.45) is 0 Å². The Balaban J connectivity index is 2.37. The molecule has 0 aliphatic carbocycles. The molecule has 1 heterocycles. The van der Waals surface area contributed by atoms with E-state index in [-0.39, 0.29) is 5.89 Å². The van der Waals surface area contributed by atoms with E-state index in [1.807, 2.05) is 0 Å².